The van der Waals surface area contributed by atoms with Crippen molar-refractivity contribution in [3.8, 4) is 5.88 Å². The molecule has 1 spiro atoms. The normalized spacial score (nSPS) is 23.9. The summed E-state index contributed by atoms with van der Waals surface area (Å²) in [7, 11) is 0. The number of aromatic nitrogens is 1. The molecule has 6 heteroatoms. The van der Waals surface area contributed by atoms with Crippen molar-refractivity contribution >= 4 is 0 Å². The summed E-state index contributed by atoms with van der Waals surface area (Å²) >= 11 is 0. The molecule has 2 aliphatic rings. The molecule has 1 saturated carbocycles. The first-order valence-corrected chi connectivity index (χ1v) is 6.87. The van der Waals surface area contributed by atoms with Gasteiger partial charge in [-0.25, -0.2) is 4.98 Å². The van der Waals surface area contributed by atoms with Gasteiger partial charge < -0.3 is 10.5 Å². The van der Waals surface area contributed by atoms with Gasteiger partial charge in [-0.1, -0.05) is 0 Å². The summed E-state index contributed by atoms with van der Waals surface area (Å²) in [5.74, 6) is 0.499. The van der Waals surface area contributed by atoms with Gasteiger partial charge >= 0.3 is 6.18 Å². The molecule has 0 radical (unpaired) electrons. The highest BCUT2D eigenvalue weighted by Gasteiger charge is 2.45. The number of pyridine rings is 1. The molecule has 1 aromatic rings. The van der Waals surface area contributed by atoms with Crippen LogP contribution in [-0.2, 0) is 6.42 Å². The lowest BCUT2D eigenvalue weighted by Gasteiger charge is -2.46. The molecule has 2 heterocycles. The van der Waals surface area contributed by atoms with Crippen LogP contribution in [0, 0.1) is 0 Å². The molecule has 1 atom stereocenters. The third-order valence-electron chi connectivity index (χ3n) is 4.20. The molecule has 0 aromatic carbocycles. The topological polar surface area (TPSA) is 48.1 Å². The largest absolute Gasteiger partial charge is 0.471 e. The molecule has 20 heavy (non-hydrogen) atoms. The van der Waals surface area contributed by atoms with E-state index in [1.54, 1.807) is 6.07 Å². The summed E-state index contributed by atoms with van der Waals surface area (Å²) in [5.41, 5.74) is 7.26. The van der Waals surface area contributed by atoms with Gasteiger partial charge in [-0.3, -0.25) is 0 Å². The van der Waals surface area contributed by atoms with Gasteiger partial charge in [0.25, 0.3) is 0 Å². The van der Waals surface area contributed by atoms with E-state index in [9.17, 15) is 13.2 Å². The van der Waals surface area contributed by atoms with Crippen molar-refractivity contribution in [3.63, 3.8) is 0 Å². The number of nitrogens with two attached hydrogens (primary N) is 1. The number of ether oxygens (including phenoxy) is 1. The van der Waals surface area contributed by atoms with E-state index in [1.807, 2.05) is 0 Å². The van der Waals surface area contributed by atoms with E-state index in [4.69, 9.17) is 10.5 Å². The molecule has 0 amide bonds. The summed E-state index contributed by atoms with van der Waals surface area (Å²) in [5, 5.41) is 0. The van der Waals surface area contributed by atoms with Gasteiger partial charge in [0.15, 0.2) is 0 Å². The molecule has 3 nitrogen and oxygen atoms in total. The smallest absolute Gasteiger partial charge is 0.389 e. The molecule has 1 aliphatic heterocycles. The van der Waals surface area contributed by atoms with Crippen molar-refractivity contribution < 1.29 is 17.9 Å². The van der Waals surface area contributed by atoms with Crippen LogP contribution in [-0.4, -0.2) is 16.8 Å². The Bertz CT molecular complexity index is 512. The first-order valence-electron chi connectivity index (χ1n) is 6.87. The molecule has 0 bridgehead atoms. The molecular formula is C14H17F3N2O. The number of alkyl halides is 3. The van der Waals surface area contributed by atoms with Crippen molar-refractivity contribution in [1.82, 2.24) is 4.98 Å². The fourth-order valence-electron chi connectivity index (χ4n) is 2.92. The minimum atomic E-state index is -4.15. The van der Waals surface area contributed by atoms with Crippen molar-refractivity contribution in [1.29, 1.82) is 0 Å². The summed E-state index contributed by atoms with van der Waals surface area (Å²) in [4.78, 5) is 4.18. The van der Waals surface area contributed by atoms with Crippen LogP contribution in [0.25, 0.3) is 0 Å². The lowest BCUT2D eigenvalue weighted by Crippen LogP contribution is -2.48. The fourth-order valence-corrected chi connectivity index (χ4v) is 2.92. The third kappa shape index (κ3) is 2.61. The van der Waals surface area contributed by atoms with Gasteiger partial charge in [0, 0.05) is 30.6 Å². The van der Waals surface area contributed by atoms with Crippen LogP contribution < -0.4 is 10.5 Å². The van der Waals surface area contributed by atoms with Gasteiger partial charge in [0.2, 0.25) is 5.88 Å². The van der Waals surface area contributed by atoms with Crippen LogP contribution in [0.1, 0.15) is 49.3 Å². The summed E-state index contributed by atoms with van der Waals surface area (Å²) in [6, 6.07) is 1.52. The van der Waals surface area contributed by atoms with Gasteiger partial charge in [0.05, 0.1) is 0 Å². The first-order chi connectivity index (χ1) is 9.37. The van der Waals surface area contributed by atoms with Gasteiger partial charge in [-0.15, -0.1) is 0 Å². The number of halogens is 3. The molecule has 2 N–H and O–H groups in total. The number of hydrogen-bond acceptors (Lipinski definition) is 3. The average molecular weight is 286 g/mol. The maximum Gasteiger partial charge on any atom is 0.389 e. The second kappa shape index (κ2) is 4.62. The Kier molecular flexibility index (Phi) is 3.16. The van der Waals surface area contributed by atoms with Crippen molar-refractivity contribution in [2.75, 3.05) is 0 Å². The minimum Gasteiger partial charge on any atom is -0.471 e. The standard InChI is InChI=1S/C14H17F3N2O/c15-14(16,17)5-2-9-6-10-11(18)7-13(3-1-4-13)20-12(10)19-8-9/h6,8,11H,1-5,7,18H2/t11-/m0/s1. The zero-order chi connectivity index (χ0) is 14.4. The Morgan fingerprint density at radius 3 is 2.75 bits per heavy atom. The Balaban J connectivity index is 1.77. The van der Waals surface area contributed by atoms with Crippen molar-refractivity contribution in [2.45, 2.75) is 56.3 Å². The minimum absolute atomic E-state index is 0.0678. The Morgan fingerprint density at radius 2 is 2.15 bits per heavy atom. The average Bonchev–Trinajstić information content (AvgIpc) is 2.33. The van der Waals surface area contributed by atoms with Crippen LogP contribution in [0.2, 0.25) is 0 Å². The predicted molar refractivity (Wildman–Crippen MR) is 67.4 cm³/mol. The third-order valence-corrected chi connectivity index (χ3v) is 4.20. The van der Waals surface area contributed by atoms with Gasteiger partial charge in [-0.05, 0) is 37.3 Å². The van der Waals surface area contributed by atoms with Crippen LogP contribution >= 0.6 is 0 Å². The lowest BCUT2D eigenvalue weighted by atomic mass is 9.73. The summed E-state index contributed by atoms with van der Waals surface area (Å²) in [6.45, 7) is 0. The number of fused-ring (bicyclic) bond motifs is 1. The second-order valence-electron chi connectivity index (χ2n) is 5.80. The Hall–Kier alpha value is -1.30. The number of hydrogen-bond donors (Lipinski definition) is 1. The van der Waals surface area contributed by atoms with Crippen LogP contribution in [0.4, 0.5) is 13.2 Å². The Morgan fingerprint density at radius 1 is 1.40 bits per heavy atom. The predicted octanol–water partition coefficient (Wildman–Crippen LogP) is 3.28. The highest BCUT2D eigenvalue weighted by Crippen LogP contribution is 2.47. The van der Waals surface area contributed by atoms with Crippen LogP contribution in [0.5, 0.6) is 5.88 Å². The zero-order valence-electron chi connectivity index (χ0n) is 11.0. The maximum absolute atomic E-state index is 12.2. The summed E-state index contributed by atoms with van der Waals surface area (Å²) < 4.78 is 42.6. The van der Waals surface area contributed by atoms with E-state index in [2.05, 4.69) is 4.98 Å². The van der Waals surface area contributed by atoms with E-state index >= 15 is 0 Å². The lowest BCUT2D eigenvalue weighted by molar-refractivity contribution is -0.134. The molecule has 1 aromatic heterocycles. The molecule has 0 saturated heterocycles. The van der Waals surface area contributed by atoms with Crippen LogP contribution in [0.3, 0.4) is 0 Å². The highest BCUT2D eigenvalue weighted by atomic mass is 19.4. The quantitative estimate of drug-likeness (QED) is 0.907. The van der Waals surface area contributed by atoms with Crippen LogP contribution in [0.15, 0.2) is 12.3 Å². The fraction of sp³-hybridized carbons (Fsp3) is 0.643. The first kappa shape index (κ1) is 13.7. The second-order valence-corrected chi connectivity index (χ2v) is 5.80. The maximum atomic E-state index is 12.2. The van der Waals surface area contributed by atoms with Gasteiger partial charge in [-0.2, -0.15) is 13.2 Å². The van der Waals surface area contributed by atoms with E-state index in [-0.39, 0.29) is 18.1 Å². The van der Waals surface area contributed by atoms with Crippen molar-refractivity contribution in [2.24, 2.45) is 5.73 Å². The van der Waals surface area contributed by atoms with Gasteiger partial charge in [0.1, 0.15) is 5.60 Å². The van der Waals surface area contributed by atoms with E-state index in [0.717, 1.165) is 31.2 Å². The zero-order valence-corrected chi connectivity index (χ0v) is 11.0. The number of nitrogens with zero attached hydrogens (tertiary/aromatic N) is 1. The highest BCUT2D eigenvalue weighted by molar-refractivity contribution is 5.36. The molecule has 3 rings (SSSR count). The SMILES string of the molecule is N[C@H]1CC2(CCC2)Oc2ncc(CCC(F)(F)F)cc21. The monoisotopic (exact) mass is 286 g/mol. The van der Waals surface area contributed by atoms with Crippen molar-refractivity contribution in [3.05, 3.63) is 23.4 Å². The molecule has 1 aliphatic carbocycles. The molecule has 110 valence electrons. The van der Waals surface area contributed by atoms with E-state index < -0.39 is 12.6 Å². The Labute approximate surface area is 115 Å². The van der Waals surface area contributed by atoms with E-state index in [1.165, 1.54) is 6.20 Å². The number of rotatable bonds is 2. The summed E-state index contributed by atoms with van der Waals surface area (Å²) in [6.07, 6.45) is 0.236. The molecule has 0 unspecified atom stereocenters. The molecule has 1 fully saturated rings. The molecular weight excluding hydrogens is 269 g/mol. The number of aryl methyl sites for hydroxylation is 1. The van der Waals surface area contributed by atoms with E-state index in [0.29, 0.717) is 11.4 Å².